The minimum absolute atomic E-state index is 0.102. The van der Waals surface area contributed by atoms with E-state index >= 15 is 0 Å². The predicted octanol–water partition coefficient (Wildman–Crippen LogP) is 4.60. The highest BCUT2D eigenvalue weighted by molar-refractivity contribution is 9.10. The molecular formula is C22H19BrN2O4S. The number of esters is 1. The van der Waals surface area contributed by atoms with Gasteiger partial charge in [0.2, 0.25) is 0 Å². The number of hydrogen-bond acceptors (Lipinski definition) is 5. The van der Waals surface area contributed by atoms with Crippen molar-refractivity contribution in [2.45, 2.75) is 18.7 Å². The van der Waals surface area contributed by atoms with Gasteiger partial charge in [-0.3, -0.25) is 0 Å². The predicted molar refractivity (Wildman–Crippen MR) is 119 cm³/mol. The van der Waals surface area contributed by atoms with Gasteiger partial charge in [-0.25, -0.2) is 9.63 Å². The van der Waals surface area contributed by atoms with Crippen molar-refractivity contribution in [1.82, 2.24) is 4.83 Å². The zero-order valence-electron chi connectivity index (χ0n) is 16.3. The van der Waals surface area contributed by atoms with Crippen molar-refractivity contribution in [3.8, 4) is 5.75 Å². The number of aryl methyl sites for hydroxylation is 2. The first kappa shape index (κ1) is 21.7. The summed E-state index contributed by atoms with van der Waals surface area (Å²) in [4.78, 5) is 14.8. The fraction of sp³-hybridized carbons (Fsp3) is 0.0909. The normalized spacial score (nSPS) is 11.4. The second-order valence-corrected chi connectivity index (χ2v) is 9.13. The zero-order valence-corrected chi connectivity index (χ0v) is 18.7. The first-order valence-electron chi connectivity index (χ1n) is 8.95. The Morgan fingerprint density at radius 1 is 1.03 bits per heavy atom. The number of nitrogens with one attached hydrogen (secondary N) is 1. The zero-order chi connectivity index (χ0) is 21.7. The van der Waals surface area contributed by atoms with Crippen LogP contribution < -0.4 is 9.57 Å². The number of ether oxygens (including phenoxy) is 1. The third kappa shape index (κ3) is 5.34. The Labute approximate surface area is 183 Å². The highest BCUT2D eigenvalue weighted by atomic mass is 79.9. The number of hydrogen-bond donors (Lipinski definition) is 1. The molecule has 0 aromatic heterocycles. The Balaban J connectivity index is 1.81. The molecule has 0 spiro atoms. The second kappa shape index (κ2) is 9.23. The molecule has 0 saturated carbocycles. The molecule has 0 heterocycles. The fourth-order valence-electron chi connectivity index (χ4n) is 2.61. The van der Waals surface area contributed by atoms with Crippen LogP contribution in [0.3, 0.4) is 0 Å². The maximum Gasteiger partial charge on any atom is 0.343 e. The van der Waals surface area contributed by atoms with E-state index in [2.05, 4.69) is 25.9 Å². The number of sulfonamides is 1. The topological polar surface area (TPSA) is 84.8 Å². The molecule has 0 aliphatic carbocycles. The number of carbonyl (C=O) groups excluding carboxylic acids is 1. The molecule has 3 aromatic rings. The Morgan fingerprint density at radius 2 is 1.73 bits per heavy atom. The molecule has 3 rings (SSSR count). The first-order valence-corrected chi connectivity index (χ1v) is 11.2. The third-order valence-corrected chi connectivity index (χ3v) is 5.98. The van der Waals surface area contributed by atoms with Crippen molar-refractivity contribution in [1.29, 1.82) is 0 Å². The van der Waals surface area contributed by atoms with E-state index in [9.17, 15) is 13.2 Å². The molecule has 0 aliphatic heterocycles. The fourth-order valence-corrected chi connectivity index (χ4v) is 3.78. The molecule has 3 aromatic carbocycles. The van der Waals surface area contributed by atoms with Crippen LogP contribution in [-0.2, 0) is 10.0 Å². The lowest BCUT2D eigenvalue weighted by atomic mass is 10.1. The maximum absolute atomic E-state index is 12.5. The van der Waals surface area contributed by atoms with Crippen molar-refractivity contribution in [2.24, 2.45) is 5.10 Å². The molecule has 0 bridgehead atoms. The van der Waals surface area contributed by atoms with Gasteiger partial charge < -0.3 is 4.74 Å². The lowest BCUT2D eigenvalue weighted by molar-refractivity contribution is 0.0733. The highest BCUT2D eigenvalue weighted by Gasteiger charge is 2.15. The van der Waals surface area contributed by atoms with Crippen molar-refractivity contribution < 1.29 is 17.9 Å². The Kier molecular flexibility index (Phi) is 6.69. The summed E-state index contributed by atoms with van der Waals surface area (Å²) in [7, 11) is -3.81. The summed E-state index contributed by atoms with van der Waals surface area (Å²) in [6, 6.07) is 18.5. The van der Waals surface area contributed by atoms with Gasteiger partial charge >= 0.3 is 5.97 Å². The number of carbonyl (C=O) groups is 1. The smallest absolute Gasteiger partial charge is 0.343 e. The van der Waals surface area contributed by atoms with E-state index in [1.807, 2.05) is 26.0 Å². The van der Waals surface area contributed by atoms with Crippen LogP contribution in [0.1, 0.15) is 27.0 Å². The van der Waals surface area contributed by atoms with Crippen molar-refractivity contribution in [2.75, 3.05) is 0 Å². The third-order valence-electron chi connectivity index (χ3n) is 4.25. The van der Waals surface area contributed by atoms with Gasteiger partial charge in [-0.15, -0.1) is 0 Å². The molecule has 8 heteroatoms. The van der Waals surface area contributed by atoms with Crippen molar-refractivity contribution >= 4 is 38.1 Å². The number of nitrogens with zero attached hydrogens (tertiary/aromatic N) is 1. The monoisotopic (exact) mass is 486 g/mol. The maximum atomic E-state index is 12.5. The molecule has 154 valence electrons. The van der Waals surface area contributed by atoms with Gasteiger partial charge in [-0.2, -0.15) is 13.5 Å². The van der Waals surface area contributed by atoms with Crippen LogP contribution in [0.25, 0.3) is 0 Å². The van der Waals surface area contributed by atoms with E-state index in [1.54, 1.807) is 42.5 Å². The van der Waals surface area contributed by atoms with Crippen LogP contribution in [0, 0.1) is 13.8 Å². The lowest BCUT2D eigenvalue weighted by Crippen LogP contribution is -2.18. The first-order chi connectivity index (χ1) is 14.3. The lowest BCUT2D eigenvalue weighted by Gasteiger charge is -2.09. The van der Waals surface area contributed by atoms with Gasteiger partial charge in [-0.1, -0.05) is 51.8 Å². The van der Waals surface area contributed by atoms with Crippen LogP contribution in [0.5, 0.6) is 5.75 Å². The van der Waals surface area contributed by atoms with Crippen LogP contribution >= 0.6 is 15.9 Å². The van der Waals surface area contributed by atoms with Crippen LogP contribution in [-0.4, -0.2) is 20.6 Å². The number of halogens is 1. The van der Waals surface area contributed by atoms with Crippen LogP contribution in [0.2, 0.25) is 0 Å². The summed E-state index contributed by atoms with van der Waals surface area (Å²) in [5.74, 6) is -0.255. The number of hydrazone groups is 1. The minimum atomic E-state index is -3.81. The molecule has 0 unspecified atom stereocenters. The van der Waals surface area contributed by atoms with E-state index in [-0.39, 0.29) is 10.6 Å². The summed E-state index contributed by atoms with van der Waals surface area (Å²) in [5.41, 5.74) is 2.62. The van der Waals surface area contributed by atoms with Gasteiger partial charge in [0.15, 0.2) is 0 Å². The van der Waals surface area contributed by atoms with Gasteiger partial charge in [0, 0.05) is 10.0 Å². The molecule has 30 heavy (non-hydrogen) atoms. The van der Waals surface area contributed by atoms with E-state index < -0.39 is 16.0 Å². The SMILES string of the molecule is Cc1ccc(S(=O)(=O)NN=Cc2cc(Br)ccc2OC(=O)c2ccccc2C)cc1. The summed E-state index contributed by atoms with van der Waals surface area (Å²) < 4.78 is 31.0. The Morgan fingerprint density at radius 3 is 2.43 bits per heavy atom. The van der Waals surface area contributed by atoms with Gasteiger partial charge in [-0.05, 0) is 55.8 Å². The molecular weight excluding hydrogens is 468 g/mol. The average Bonchev–Trinajstić information content (AvgIpc) is 2.70. The second-order valence-electron chi connectivity index (χ2n) is 6.55. The minimum Gasteiger partial charge on any atom is -0.422 e. The van der Waals surface area contributed by atoms with E-state index in [0.29, 0.717) is 11.1 Å². The Bertz CT molecular complexity index is 1210. The van der Waals surface area contributed by atoms with Crippen LogP contribution in [0.4, 0.5) is 0 Å². The molecule has 0 fully saturated rings. The van der Waals surface area contributed by atoms with E-state index in [1.165, 1.54) is 18.3 Å². The molecule has 0 aliphatic rings. The van der Waals surface area contributed by atoms with Crippen molar-refractivity contribution in [3.63, 3.8) is 0 Å². The highest BCUT2D eigenvalue weighted by Crippen LogP contribution is 2.23. The summed E-state index contributed by atoms with van der Waals surface area (Å²) in [5, 5.41) is 3.84. The molecule has 0 amide bonds. The summed E-state index contributed by atoms with van der Waals surface area (Å²) in [6.45, 7) is 3.69. The molecule has 1 N–H and O–H groups in total. The number of rotatable bonds is 6. The quantitative estimate of drug-likeness (QED) is 0.239. The standard InChI is InChI=1S/C22H19BrN2O4S/c1-15-7-10-19(11-8-15)30(27,28)25-24-14-17-13-18(23)9-12-21(17)29-22(26)20-6-4-3-5-16(20)2/h3-14,25H,1-2H3. The van der Waals surface area contributed by atoms with E-state index in [0.717, 1.165) is 15.6 Å². The summed E-state index contributed by atoms with van der Waals surface area (Å²) in [6.07, 6.45) is 1.29. The Hall–Kier alpha value is -2.97. The molecule has 0 radical (unpaired) electrons. The molecule has 0 atom stereocenters. The molecule has 0 saturated heterocycles. The summed E-state index contributed by atoms with van der Waals surface area (Å²) >= 11 is 3.35. The van der Waals surface area contributed by atoms with Gasteiger partial charge in [0.25, 0.3) is 10.0 Å². The van der Waals surface area contributed by atoms with Gasteiger partial charge in [0.05, 0.1) is 16.7 Å². The largest absolute Gasteiger partial charge is 0.422 e. The van der Waals surface area contributed by atoms with E-state index in [4.69, 9.17) is 4.74 Å². The van der Waals surface area contributed by atoms with Crippen molar-refractivity contribution in [3.05, 3.63) is 93.5 Å². The molecule has 6 nitrogen and oxygen atoms in total. The number of benzene rings is 3. The van der Waals surface area contributed by atoms with Crippen LogP contribution in [0.15, 0.2) is 81.2 Å². The van der Waals surface area contributed by atoms with Gasteiger partial charge in [0.1, 0.15) is 5.75 Å². The average molecular weight is 487 g/mol.